The largest absolute Gasteiger partial charge is 0.384 e. The van der Waals surface area contributed by atoms with Crippen LogP contribution in [0, 0.1) is 5.92 Å². The first kappa shape index (κ1) is 10.5. The van der Waals surface area contributed by atoms with Gasteiger partial charge in [0.2, 0.25) is 0 Å². The van der Waals surface area contributed by atoms with Gasteiger partial charge >= 0.3 is 0 Å². The van der Waals surface area contributed by atoms with Gasteiger partial charge in [-0.2, -0.15) is 9.61 Å². The Morgan fingerprint density at radius 2 is 2.47 bits per heavy atom. The van der Waals surface area contributed by atoms with Gasteiger partial charge in [0.05, 0.1) is 5.69 Å². The first-order valence-electron chi connectivity index (χ1n) is 6.00. The van der Waals surface area contributed by atoms with Crippen molar-refractivity contribution < 1.29 is 4.74 Å². The fraction of sp³-hybridized carbons (Fsp3) is 0.500. The van der Waals surface area contributed by atoms with Crippen molar-refractivity contribution in [2.75, 3.05) is 18.9 Å². The molecule has 5 nitrogen and oxygen atoms in total. The normalized spacial score (nSPS) is 20.8. The fourth-order valence-electron chi connectivity index (χ4n) is 2.33. The predicted octanol–water partition coefficient (Wildman–Crippen LogP) is 1.28. The maximum absolute atomic E-state index is 5.84. The highest BCUT2D eigenvalue weighted by molar-refractivity contribution is 5.46. The van der Waals surface area contributed by atoms with Crippen molar-refractivity contribution in [2.24, 2.45) is 5.92 Å². The summed E-state index contributed by atoms with van der Waals surface area (Å²) in [5.74, 6) is 1.20. The lowest BCUT2D eigenvalue weighted by Gasteiger charge is -2.20. The molecule has 1 fully saturated rings. The van der Waals surface area contributed by atoms with Crippen LogP contribution in [0.2, 0.25) is 0 Å². The minimum absolute atomic E-state index is 0.579. The number of hydrogen-bond acceptors (Lipinski definition) is 4. The van der Waals surface area contributed by atoms with Gasteiger partial charge in [-0.3, -0.25) is 0 Å². The van der Waals surface area contributed by atoms with Crippen LogP contribution in [0.25, 0.3) is 5.65 Å². The number of nitrogens with two attached hydrogens (primary N) is 1. The van der Waals surface area contributed by atoms with Gasteiger partial charge < -0.3 is 10.5 Å². The van der Waals surface area contributed by atoms with Crippen LogP contribution in [-0.4, -0.2) is 27.8 Å². The molecule has 0 bridgehead atoms. The summed E-state index contributed by atoms with van der Waals surface area (Å²) in [5, 5.41) is 4.48. The molecule has 0 radical (unpaired) electrons. The zero-order valence-corrected chi connectivity index (χ0v) is 9.67. The Morgan fingerprint density at radius 1 is 1.53 bits per heavy atom. The van der Waals surface area contributed by atoms with E-state index in [2.05, 4.69) is 10.1 Å². The number of ether oxygens (including phenoxy) is 1. The molecular formula is C12H16N4O. The molecule has 1 aliphatic rings. The lowest BCUT2D eigenvalue weighted by molar-refractivity contribution is 0.0546. The lowest BCUT2D eigenvalue weighted by atomic mass is 9.97. The second kappa shape index (κ2) is 4.33. The van der Waals surface area contributed by atoms with Crippen LogP contribution in [0.5, 0.6) is 0 Å². The summed E-state index contributed by atoms with van der Waals surface area (Å²) < 4.78 is 7.17. The van der Waals surface area contributed by atoms with E-state index in [1.807, 2.05) is 6.07 Å². The molecule has 90 valence electrons. The number of fused-ring (bicyclic) bond motifs is 1. The summed E-state index contributed by atoms with van der Waals surface area (Å²) in [6.45, 7) is 1.74. The summed E-state index contributed by atoms with van der Waals surface area (Å²) in [6.07, 6.45) is 5.03. The molecule has 1 unspecified atom stereocenters. The van der Waals surface area contributed by atoms with Crippen LogP contribution in [0.3, 0.4) is 0 Å². The molecule has 2 N–H and O–H groups in total. The molecule has 0 saturated carbocycles. The number of nitrogen functional groups attached to an aromatic ring is 1. The highest BCUT2D eigenvalue weighted by atomic mass is 16.5. The van der Waals surface area contributed by atoms with Crippen molar-refractivity contribution in [3.8, 4) is 0 Å². The van der Waals surface area contributed by atoms with E-state index in [1.165, 1.54) is 6.42 Å². The molecule has 1 aliphatic heterocycles. The average Bonchev–Trinajstić information content (AvgIpc) is 2.74. The Bertz CT molecular complexity index is 516. The molecule has 0 aromatic carbocycles. The number of anilines is 1. The zero-order valence-electron chi connectivity index (χ0n) is 9.67. The van der Waals surface area contributed by atoms with E-state index < -0.39 is 0 Å². The summed E-state index contributed by atoms with van der Waals surface area (Å²) in [5.41, 5.74) is 7.70. The zero-order chi connectivity index (χ0) is 11.7. The second-order valence-electron chi connectivity index (χ2n) is 4.56. The molecule has 1 atom stereocenters. The van der Waals surface area contributed by atoms with E-state index in [9.17, 15) is 0 Å². The Kier molecular flexibility index (Phi) is 2.68. The van der Waals surface area contributed by atoms with Crippen LogP contribution >= 0.6 is 0 Å². The minimum atomic E-state index is 0.579. The Hall–Kier alpha value is -1.62. The van der Waals surface area contributed by atoms with Gasteiger partial charge in [-0.15, -0.1) is 0 Å². The third kappa shape index (κ3) is 2.10. The van der Waals surface area contributed by atoms with E-state index in [-0.39, 0.29) is 0 Å². The summed E-state index contributed by atoms with van der Waals surface area (Å²) >= 11 is 0. The predicted molar refractivity (Wildman–Crippen MR) is 64.6 cm³/mol. The molecule has 5 heteroatoms. The second-order valence-corrected chi connectivity index (χ2v) is 4.56. The maximum Gasteiger partial charge on any atom is 0.157 e. The van der Waals surface area contributed by atoms with Crippen molar-refractivity contribution >= 4 is 11.5 Å². The smallest absolute Gasteiger partial charge is 0.157 e. The van der Waals surface area contributed by atoms with E-state index >= 15 is 0 Å². The van der Waals surface area contributed by atoms with Crippen LogP contribution in [0.1, 0.15) is 18.5 Å². The third-order valence-corrected chi connectivity index (χ3v) is 3.19. The minimum Gasteiger partial charge on any atom is -0.384 e. The number of rotatable bonds is 2. The maximum atomic E-state index is 5.84. The van der Waals surface area contributed by atoms with Gasteiger partial charge in [-0.25, -0.2) is 4.98 Å². The van der Waals surface area contributed by atoms with Crippen LogP contribution in [0.4, 0.5) is 5.82 Å². The number of hydrogen-bond donors (Lipinski definition) is 1. The molecule has 0 spiro atoms. The fourth-order valence-corrected chi connectivity index (χ4v) is 2.33. The van der Waals surface area contributed by atoms with Crippen molar-refractivity contribution in [3.05, 3.63) is 24.0 Å². The van der Waals surface area contributed by atoms with Gasteiger partial charge in [0, 0.05) is 25.5 Å². The van der Waals surface area contributed by atoms with Gasteiger partial charge in [-0.05, 0) is 31.2 Å². The Balaban J connectivity index is 1.83. The van der Waals surface area contributed by atoms with Crippen molar-refractivity contribution in [3.63, 3.8) is 0 Å². The first-order valence-corrected chi connectivity index (χ1v) is 6.00. The molecule has 1 saturated heterocycles. The Labute approximate surface area is 99.6 Å². The lowest BCUT2D eigenvalue weighted by Crippen LogP contribution is -2.19. The highest BCUT2D eigenvalue weighted by Gasteiger charge is 2.16. The molecule has 2 aromatic heterocycles. The van der Waals surface area contributed by atoms with Crippen molar-refractivity contribution in [1.82, 2.24) is 14.6 Å². The van der Waals surface area contributed by atoms with Crippen LogP contribution in [0.15, 0.2) is 18.3 Å². The molecule has 2 aromatic rings. The van der Waals surface area contributed by atoms with Gasteiger partial charge in [0.25, 0.3) is 0 Å². The topological polar surface area (TPSA) is 65.4 Å². The van der Waals surface area contributed by atoms with Gasteiger partial charge in [0.1, 0.15) is 5.82 Å². The van der Waals surface area contributed by atoms with Crippen LogP contribution in [-0.2, 0) is 11.2 Å². The Morgan fingerprint density at radius 3 is 3.24 bits per heavy atom. The number of aromatic nitrogens is 3. The summed E-state index contributed by atoms with van der Waals surface area (Å²) in [6, 6.07) is 3.76. The van der Waals surface area contributed by atoms with Gasteiger partial charge in [-0.1, -0.05) is 0 Å². The third-order valence-electron chi connectivity index (χ3n) is 3.19. The molecule has 3 heterocycles. The van der Waals surface area contributed by atoms with Crippen molar-refractivity contribution in [1.29, 1.82) is 0 Å². The standard InChI is InChI=1S/C12H16N4O/c13-11-3-4-14-12-7-10(15-16(11)12)6-9-2-1-5-17-8-9/h3-4,7,9H,1-2,5-6,8,13H2. The molecular weight excluding hydrogens is 216 g/mol. The SMILES string of the molecule is Nc1ccnc2cc(CC3CCCOC3)nn12. The van der Waals surface area contributed by atoms with Crippen LogP contribution < -0.4 is 5.73 Å². The quantitative estimate of drug-likeness (QED) is 0.847. The van der Waals surface area contributed by atoms with E-state index in [4.69, 9.17) is 10.5 Å². The first-order chi connectivity index (χ1) is 8.33. The summed E-state index contributed by atoms with van der Waals surface area (Å²) in [4.78, 5) is 4.24. The number of nitrogens with zero attached hydrogens (tertiary/aromatic N) is 3. The van der Waals surface area contributed by atoms with E-state index in [0.717, 1.165) is 37.4 Å². The van der Waals surface area contributed by atoms with Gasteiger partial charge in [0.15, 0.2) is 5.65 Å². The molecule has 0 aliphatic carbocycles. The van der Waals surface area contributed by atoms with E-state index in [1.54, 1.807) is 16.8 Å². The average molecular weight is 232 g/mol. The molecule has 17 heavy (non-hydrogen) atoms. The molecule has 0 amide bonds. The highest BCUT2D eigenvalue weighted by Crippen LogP contribution is 2.19. The molecule has 3 rings (SSSR count). The summed E-state index contributed by atoms with van der Waals surface area (Å²) in [7, 11) is 0. The monoisotopic (exact) mass is 232 g/mol. The van der Waals surface area contributed by atoms with Crippen molar-refractivity contribution in [2.45, 2.75) is 19.3 Å². The van der Waals surface area contributed by atoms with E-state index in [0.29, 0.717) is 11.7 Å².